The first-order chi connectivity index (χ1) is 10.6. The highest BCUT2D eigenvalue weighted by atomic mass is 16.2. The molecule has 2 heterocycles. The predicted molar refractivity (Wildman–Crippen MR) is 84.2 cm³/mol. The Kier molecular flexibility index (Phi) is 3.79. The Morgan fingerprint density at radius 2 is 1.95 bits per heavy atom. The molecule has 0 bridgehead atoms. The molecule has 1 aliphatic rings. The van der Waals surface area contributed by atoms with Crippen molar-refractivity contribution in [1.29, 1.82) is 0 Å². The summed E-state index contributed by atoms with van der Waals surface area (Å²) in [5.41, 5.74) is 6.60. The normalized spacial score (nSPS) is 21.8. The second-order valence-corrected chi connectivity index (χ2v) is 5.87. The topological polar surface area (TPSA) is 76.3 Å². The van der Waals surface area contributed by atoms with Crippen molar-refractivity contribution in [2.45, 2.75) is 25.8 Å². The molecule has 2 atom stereocenters. The quantitative estimate of drug-likeness (QED) is 0.920. The van der Waals surface area contributed by atoms with Crippen molar-refractivity contribution in [3.05, 3.63) is 42.1 Å². The summed E-state index contributed by atoms with van der Waals surface area (Å²) in [5.74, 6) is -0.735. The van der Waals surface area contributed by atoms with E-state index in [9.17, 15) is 9.59 Å². The number of hydrogen-bond acceptors (Lipinski definition) is 3. The second-order valence-electron chi connectivity index (χ2n) is 5.87. The van der Waals surface area contributed by atoms with Crippen LogP contribution in [0.3, 0.4) is 0 Å². The number of carbonyl (C=O) groups excluding carboxylic acids is 2. The highest BCUT2D eigenvalue weighted by molar-refractivity contribution is 5.95. The first kappa shape index (κ1) is 14.5. The SMILES string of the molecule is CC1CCC(C(N)=O)CN1C(=O)c1ccc2ccccc2n1. The number of hydrogen-bond donors (Lipinski definition) is 1. The molecule has 0 radical (unpaired) electrons. The molecule has 22 heavy (non-hydrogen) atoms. The molecular formula is C17H19N3O2. The average Bonchev–Trinajstić information content (AvgIpc) is 2.54. The minimum absolute atomic E-state index is 0.0939. The van der Waals surface area contributed by atoms with Crippen LogP contribution in [0.15, 0.2) is 36.4 Å². The van der Waals surface area contributed by atoms with Crippen molar-refractivity contribution in [2.75, 3.05) is 6.54 Å². The number of likely N-dealkylation sites (tertiary alicyclic amines) is 1. The van der Waals surface area contributed by atoms with Crippen LogP contribution in [-0.4, -0.2) is 34.3 Å². The highest BCUT2D eigenvalue weighted by Gasteiger charge is 2.32. The van der Waals surface area contributed by atoms with Crippen LogP contribution in [0.1, 0.15) is 30.3 Å². The van der Waals surface area contributed by atoms with E-state index in [0.29, 0.717) is 12.2 Å². The second kappa shape index (κ2) is 5.75. The summed E-state index contributed by atoms with van der Waals surface area (Å²) in [7, 11) is 0. The molecule has 2 unspecified atom stereocenters. The van der Waals surface area contributed by atoms with Gasteiger partial charge in [-0.25, -0.2) is 4.98 Å². The Balaban J connectivity index is 1.88. The Morgan fingerprint density at radius 1 is 1.18 bits per heavy atom. The smallest absolute Gasteiger partial charge is 0.272 e. The van der Waals surface area contributed by atoms with Crippen molar-refractivity contribution in [3.8, 4) is 0 Å². The molecule has 2 amide bonds. The first-order valence-electron chi connectivity index (χ1n) is 7.52. The van der Waals surface area contributed by atoms with Crippen molar-refractivity contribution >= 4 is 22.7 Å². The van der Waals surface area contributed by atoms with Gasteiger partial charge in [0.25, 0.3) is 5.91 Å². The molecule has 2 N–H and O–H groups in total. The van der Waals surface area contributed by atoms with Crippen LogP contribution in [0.2, 0.25) is 0 Å². The number of primary amides is 1. The Labute approximate surface area is 129 Å². The van der Waals surface area contributed by atoms with Gasteiger partial charge in [-0.1, -0.05) is 24.3 Å². The molecule has 1 aromatic carbocycles. The standard InChI is InChI=1S/C17H19N3O2/c1-11-6-7-13(16(18)21)10-20(11)17(22)15-9-8-12-4-2-3-5-14(12)19-15/h2-5,8-9,11,13H,6-7,10H2,1H3,(H2,18,21). The van der Waals surface area contributed by atoms with Crippen molar-refractivity contribution < 1.29 is 9.59 Å². The lowest BCUT2D eigenvalue weighted by Crippen LogP contribution is -2.48. The fourth-order valence-corrected chi connectivity index (χ4v) is 2.95. The summed E-state index contributed by atoms with van der Waals surface area (Å²) in [6.45, 7) is 2.38. The van der Waals surface area contributed by atoms with E-state index in [1.807, 2.05) is 37.3 Å². The molecule has 114 valence electrons. The van der Waals surface area contributed by atoms with Gasteiger partial charge in [0.15, 0.2) is 0 Å². The number of fused-ring (bicyclic) bond motifs is 1. The van der Waals surface area contributed by atoms with Crippen LogP contribution < -0.4 is 5.73 Å². The molecule has 1 saturated heterocycles. The average molecular weight is 297 g/mol. The molecule has 3 rings (SSSR count). The number of amides is 2. The maximum atomic E-state index is 12.7. The summed E-state index contributed by atoms with van der Waals surface area (Å²) >= 11 is 0. The predicted octanol–water partition coefficient (Wildman–Crippen LogP) is 1.96. The summed E-state index contributed by atoms with van der Waals surface area (Å²) in [6.07, 6.45) is 1.53. The minimum atomic E-state index is -0.337. The van der Waals surface area contributed by atoms with Crippen molar-refractivity contribution in [2.24, 2.45) is 11.7 Å². The van der Waals surface area contributed by atoms with Gasteiger partial charge < -0.3 is 10.6 Å². The van der Waals surface area contributed by atoms with E-state index in [2.05, 4.69) is 4.98 Å². The van der Waals surface area contributed by atoms with Crippen LogP contribution >= 0.6 is 0 Å². The van der Waals surface area contributed by atoms with Crippen LogP contribution in [0.4, 0.5) is 0 Å². The highest BCUT2D eigenvalue weighted by Crippen LogP contribution is 2.23. The van der Waals surface area contributed by atoms with E-state index < -0.39 is 0 Å². The third-order valence-electron chi connectivity index (χ3n) is 4.36. The van der Waals surface area contributed by atoms with Crippen LogP contribution in [-0.2, 0) is 4.79 Å². The van der Waals surface area contributed by atoms with Gasteiger partial charge in [0.05, 0.1) is 11.4 Å². The van der Waals surface area contributed by atoms with Crippen molar-refractivity contribution in [1.82, 2.24) is 9.88 Å². The molecule has 1 fully saturated rings. The van der Waals surface area contributed by atoms with Crippen molar-refractivity contribution in [3.63, 3.8) is 0 Å². The number of rotatable bonds is 2. The zero-order valence-electron chi connectivity index (χ0n) is 12.5. The van der Waals surface area contributed by atoms with Gasteiger partial charge in [-0.05, 0) is 31.9 Å². The summed E-state index contributed by atoms with van der Waals surface area (Å²) < 4.78 is 0. The number of nitrogens with zero attached hydrogens (tertiary/aromatic N) is 2. The maximum absolute atomic E-state index is 12.7. The van der Waals surface area contributed by atoms with Gasteiger partial charge in [-0.15, -0.1) is 0 Å². The molecule has 0 saturated carbocycles. The number of para-hydroxylation sites is 1. The van der Waals surface area contributed by atoms with Crippen LogP contribution in [0, 0.1) is 5.92 Å². The van der Waals surface area contributed by atoms with E-state index in [4.69, 9.17) is 5.73 Å². The molecule has 5 heteroatoms. The molecule has 1 aliphatic heterocycles. The zero-order chi connectivity index (χ0) is 15.7. The zero-order valence-corrected chi connectivity index (χ0v) is 12.5. The summed E-state index contributed by atoms with van der Waals surface area (Å²) in [4.78, 5) is 30.3. The first-order valence-corrected chi connectivity index (χ1v) is 7.52. The maximum Gasteiger partial charge on any atom is 0.272 e. The number of pyridine rings is 1. The van der Waals surface area contributed by atoms with Crippen LogP contribution in [0.25, 0.3) is 10.9 Å². The van der Waals surface area contributed by atoms with Gasteiger partial charge in [-0.3, -0.25) is 9.59 Å². The molecule has 5 nitrogen and oxygen atoms in total. The third-order valence-corrected chi connectivity index (χ3v) is 4.36. The van der Waals surface area contributed by atoms with Gasteiger partial charge in [0, 0.05) is 18.0 Å². The molecule has 1 aromatic heterocycles. The third kappa shape index (κ3) is 2.66. The molecule has 0 aliphatic carbocycles. The number of benzene rings is 1. The van der Waals surface area contributed by atoms with E-state index in [1.54, 1.807) is 11.0 Å². The molecular weight excluding hydrogens is 278 g/mol. The lowest BCUT2D eigenvalue weighted by atomic mass is 9.92. The molecule has 2 aromatic rings. The summed E-state index contributed by atoms with van der Waals surface area (Å²) in [6, 6.07) is 11.4. The van der Waals surface area contributed by atoms with E-state index >= 15 is 0 Å². The Morgan fingerprint density at radius 3 is 2.73 bits per heavy atom. The largest absolute Gasteiger partial charge is 0.369 e. The fourth-order valence-electron chi connectivity index (χ4n) is 2.95. The molecule has 0 spiro atoms. The summed E-state index contributed by atoms with van der Waals surface area (Å²) in [5, 5.41) is 1.00. The number of piperidine rings is 1. The fraction of sp³-hybridized carbons (Fsp3) is 0.353. The van der Waals surface area contributed by atoms with Gasteiger partial charge >= 0.3 is 0 Å². The minimum Gasteiger partial charge on any atom is -0.369 e. The Hall–Kier alpha value is -2.43. The lowest BCUT2D eigenvalue weighted by molar-refractivity contribution is -0.123. The number of aromatic nitrogens is 1. The lowest BCUT2D eigenvalue weighted by Gasteiger charge is -2.36. The number of carbonyl (C=O) groups is 2. The van der Waals surface area contributed by atoms with Gasteiger partial charge in [0.1, 0.15) is 5.69 Å². The monoisotopic (exact) mass is 297 g/mol. The number of nitrogens with two attached hydrogens (primary N) is 1. The van der Waals surface area contributed by atoms with Gasteiger partial charge in [-0.2, -0.15) is 0 Å². The van der Waals surface area contributed by atoms with E-state index in [0.717, 1.165) is 23.7 Å². The van der Waals surface area contributed by atoms with Gasteiger partial charge in [0.2, 0.25) is 5.91 Å². The van der Waals surface area contributed by atoms with Crippen LogP contribution in [0.5, 0.6) is 0 Å². The Bertz CT molecular complexity index is 729. The van der Waals surface area contributed by atoms with E-state index in [1.165, 1.54) is 0 Å². The van der Waals surface area contributed by atoms with E-state index in [-0.39, 0.29) is 23.8 Å².